The Hall–Kier alpha value is -1.94. The molecule has 86 valence electrons. The van der Waals surface area contributed by atoms with Crippen LogP contribution in [0.2, 0.25) is 5.02 Å². The molecule has 0 unspecified atom stereocenters. The van der Waals surface area contributed by atoms with Crippen molar-refractivity contribution < 1.29 is 9.90 Å². The third-order valence-electron chi connectivity index (χ3n) is 2.35. The monoisotopic (exact) mass is 248 g/mol. The van der Waals surface area contributed by atoms with Crippen LogP contribution in [0.4, 0.5) is 0 Å². The Morgan fingerprint density at radius 3 is 2.53 bits per heavy atom. The van der Waals surface area contributed by atoms with Crippen LogP contribution >= 0.6 is 11.6 Å². The lowest BCUT2D eigenvalue weighted by Gasteiger charge is -2.09. The molecule has 17 heavy (non-hydrogen) atoms. The summed E-state index contributed by atoms with van der Waals surface area (Å²) in [6.45, 7) is 1.81. The quantitative estimate of drug-likeness (QED) is 0.888. The Balaban J connectivity index is 2.74. The number of halogens is 1. The fourth-order valence-corrected chi connectivity index (χ4v) is 1.75. The Labute approximate surface area is 103 Å². The van der Waals surface area contributed by atoms with Crippen molar-refractivity contribution in [2.45, 2.75) is 6.92 Å². The third-order valence-corrected chi connectivity index (χ3v) is 2.84. The molecular formula is C12H9ClN2O2. The van der Waals surface area contributed by atoms with Crippen molar-refractivity contribution in [3.63, 3.8) is 0 Å². The molecule has 0 spiro atoms. The minimum absolute atomic E-state index is 0.104. The van der Waals surface area contributed by atoms with Gasteiger partial charge in [-0.3, -0.25) is 0 Å². The summed E-state index contributed by atoms with van der Waals surface area (Å²) in [5.41, 5.74) is 1.26. The van der Waals surface area contributed by atoms with E-state index in [1.165, 1.54) is 6.07 Å². The van der Waals surface area contributed by atoms with Gasteiger partial charge >= 0.3 is 5.97 Å². The van der Waals surface area contributed by atoms with Crippen molar-refractivity contribution in [2.75, 3.05) is 0 Å². The zero-order valence-electron chi connectivity index (χ0n) is 9.01. The molecule has 0 atom stereocenters. The summed E-state index contributed by atoms with van der Waals surface area (Å²) in [6, 6.07) is 4.83. The minimum Gasteiger partial charge on any atom is -0.478 e. The first kappa shape index (κ1) is 11.5. The maximum atomic E-state index is 11.1. The highest BCUT2D eigenvalue weighted by atomic mass is 35.5. The predicted octanol–water partition coefficient (Wildman–Crippen LogP) is 2.80. The van der Waals surface area contributed by atoms with Crippen LogP contribution in [0, 0.1) is 6.92 Å². The molecule has 2 rings (SSSR count). The van der Waals surface area contributed by atoms with Crippen LogP contribution in [0.15, 0.2) is 30.6 Å². The van der Waals surface area contributed by atoms with Gasteiger partial charge in [-0.1, -0.05) is 17.7 Å². The van der Waals surface area contributed by atoms with Crippen molar-refractivity contribution in [3.8, 4) is 11.4 Å². The molecule has 1 aromatic heterocycles. The van der Waals surface area contributed by atoms with Gasteiger partial charge in [0, 0.05) is 12.4 Å². The lowest BCUT2D eigenvalue weighted by atomic mass is 10.0. The van der Waals surface area contributed by atoms with Crippen molar-refractivity contribution >= 4 is 17.6 Å². The molecule has 1 aromatic carbocycles. The van der Waals surface area contributed by atoms with E-state index in [1.54, 1.807) is 31.5 Å². The van der Waals surface area contributed by atoms with Crippen molar-refractivity contribution in [1.82, 2.24) is 9.97 Å². The number of benzene rings is 1. The molecule has 0 aliphatic heterocycles. The fourth-order valence-electron chi connectivity index (χ4n) is 1.51. The molecule has 0 aliphatic rings. The van der Waals surface area contributed by atoms with Gasteiger partial charge in [0.25, 0.3) is 0 Å². The van der Waals surface area contributed by atoms with Crippen LogP contribution in [0.3, 0.4) is 0 Å². The van der Waals surface area contributed by atoms with Crippen LogP contribution in [0.5, 0.6) is 0 Å². The number of aromatic carboxylic acids is 1. The molecule has 0 aliphatic carbocycles. The van der Waals surface area contributed by atoms with Crippen molar-refractivity contribution in [1.29, 1.82) is 0 Å². The molecule has 0 radical (unpaired) electrons. The lowest BCUT2D eigenvalue weighted by Crippen LogP contribution is -2.03. The molecule has 0 amide bonds. The maximum Gasteiger partial charge on any atom is 0.336 e. The molecule has 5 heteroatoms. The summed E-state index contributed by atoms with van der Waals surface area (Å²) in [5, 5.41) is 9.50. The van der Waals surface area contributed by atoms with E-state index in [0.717, 1.165) is 5.56 Å². The number of hydrogen-bond donors (Lipinski definition) is 1. The first-order chi connectivity index (χ1) is 8.11. The van der Waals surface area contributed by atoms with Crippen LogP contribution in [0.25, 0.3) is 11.4 Å². The van der Waals surface area contributed by atoms with E-state index in [9.17, 15) is 4.79 Å². The number of aromatic nitrogens is 2. The van der Waals surface area contributed by atoms with Crippen LogP contribution in [0.1, 0.15) is 15.9 Å². The summed E-state index contributed by atoms with van der Waals surface area (Å²) in [4.78, 5) is 19.2. The summed E-state index contributed by atoms with van der Waals surface area (Å²) in [5.74, 6) is -0.729. The van der Waals surface area contributed by atoms with Crippen molar-refractivity contribution in [2.24, 2.45) is 0 Å². The zero-order chi connectivity index (χ0) is 12.4. The third kappa shape index (κ3) is 2.12. The number of aryl methyl sites for hydroxylation is 1. The predicted molar refractivity (Wildman–Crippen MR) is 64.2 cm³/mol. The van der Waals surface area contributed by atoms with Gasteiger partial charge in [0.1, 0.15) is 0 Å². The van der Waals surface area contributed by atoms with Gasteiger partial charge in [-0.15, -0.1) is 0 Å². The second kappa shape index (κ2) is 4.51. The van der Waals surface area contributed by atoms with E-state index in [-0.39, 0.29) is 5.56 Å². The largest absolute Gasteiger partial charge is 0.478 e. The second-order valence-electron chi connectivity index (χ2n) is 3.50. The Morgan fingerprint density at radius 2 is 1.94 bits per heavy atom. The number of hydrogen-bond acceptors (Lipinski definition) is 3. The molecule has 0 saturated heterocycles. The number of rotatable bonds is 2. The number of carbonyl (C=O) groups is 1. The van der Waals surface area contributed by atoms with Gasteiger partial charge in [-0.05, 0) is 24.6 Å². The number of carboxylic acids is 1. The zero-order valence-corrected chi connectivity index (χ0v) is 9.77. The summed E-state index contributed by atoms with van der Waals surface area (Å²) < 4.78 is 0. The molecule has 1 N–H and O–H groups in total. The summed E-state index contributed by atoms with van der Waals surface area (Å²) >= 11 is 6.13. The van der Waals surface area contributed by atoms with Crippen molar-refractivity contribution in [3.05, 3.63) is 46.7 Å². The van der Waals surface area contributed by atoms with E-state index in [0.29, 0.717) is 16.4 Å². The summed E-state index contributed by atoms with van der Waals surface area (Å²) in [6.07, 6.45) is 3.10. The normalized spacial score (nSPS) is 10.2. The molecule has 0 saturated carbocycles. The van der Waals surface area contributed by atoms with E-state index in [2.05, 4.69) is 9.97 Å². The van der Waals surface area contributed by atoms with Gasteiger partial charge in [-0.2, -0.15) is 0 Å². The van der Waals surface area contributed by atoms with Gasteiger partial charge in [-0.25, -0.2) is 14.8 Å². The van der Waals surface area contributed by atoms with Gasteiger partial charge < -0.3 is 5.11 Å². The molecule has 4 nitrogen and oxygen atoms in total. The van der Waals surface area contributed by atoms with E-state index in [4.69, 9.17) is 16.7 Å². The van der Waals surface area contributed by atoms with E-state index < -0.39 is 5.97 Å². The lowest BCUT2D eigenvalue weighted by molar-refractivity contribution is 0.0697. The van der Waals surface area contributed by atoms with Crippen LogP contribution < -0.4 is 0 Å². The highest BCUT2D eigenvalue weighted by Gasteiger charge is 2.18. The molecule has 1 heterocycles. The van der Waals surface area contributed by atoms with Crippen LogP contribution in [-0.4, -0.2) is 21.0 Å². The number of nitrogens with zero attached hydrogens (tertiary/aromatic N) is 2. The maximum absolute atomic E-state index is 11.1. The van der Waals surface area contributed by atoms with Crippen LogP contribution in [-0.2, 0) is 0 Å². The van der Waals surface area contributed by atoms with Gasteiger partial charge in [0.15, 0.2) is 5.82 Å². The Bertz CT molecular complexity index is 570. The second-order valence-corrected chi connectivity index (χ2v) is 3.87. The topological polar surface area (TPSA) is 63.1 Å². The smallest absolute Gasteiger partial charge is 0.336 e. The fraction of sp³-hybridized carbons (Fsp3) is 0.0833. The first-order valence-corrected chi connectivity index (χ1v) is 5.29. The van der Waals surface area contributed by atoms with E-state index in [1.807, 2.05) is 0 Å². The van der Waals surface area contributed by atoms with Gasteiger partial charge in [0.2, 0.25) is 0 Å². The highest BCUT2D eigenvalue weighted by Crippen LogP contribution is 2.31. The summed E-state index contributed by atoms with van der Waals surface area (Å²) in [7, 11) is 0. The number of carboxylic acid groups (broad SMARTS) is 1. The Morgan fingerprint density at radius 1 is 1.29 bits per heavy atom. The SMILES string of the molecule is Cc1ccc(C(=O)O)c(-c2ncccn2)c1Cl. The standard InChI is InChI=1S/C12H9ClN2O2/c1-7-3-4-8(12(16)17)9(10(7)13)11-14-5-2-6-15-11/h2-6H,1H3,(H,16,17). The average molecular weight is 249 g/mol. The molecule has 0 fully saturated rings. The highest BCUT2D eigenvalue weighted by molar-refractivity contribution is 6.34. The molecular weight excluding hydrogens is 240 g/mol. The van der Waals surface area contributed by atoms with Gasteiger partial charge in [0.05, 0.1) is 16.1 Å². The first-order valence-electron chi connectivity index (χ1n) is 4.91. The Kier molecular flexibility index (Phi) is 3.06. The van der Waals surface area contributed by atoms with E-state index >= 15 is 0 Å². The average Bonchev–Trinajstić information content (AvgIpc) is 2.33. The minimum atomic E-state index is -1.05. The molecule has 2 aromatic rings. The molecule has 0 bridgehead atoms.